The zero-order chi connectivity index (χ0) is 83.5. The lowest BCUT2D eigenvalue weighted by Gasteiger charge is -2.41. The maximum absolute atomic E-state index is 14.7. The molecule has 11 N–H and O–H groups in total. The van der Waals surface area contributed by atoms with E-state index in [1.165, 1.54) is 25.2 Å². The largest absolute Gasteiger partial charge is 0.379 e. The molecule has 1 saturated carbocycles. The number of amides is 12. The van der Waals surface area contributed by atoms with Crippen LogP contribution in [0.25, 0.3) is 11.1 Å². The molecule has 12 amide bonds. The number of rotatable bonds is 51. The van der Waals surface area contributed by atoms with Gasteiger partial charge in [0.15, 0.2) is 11.1 Å². The van der Waals surface area contributed by atoms with Crippen molar-refractivity contribution in [2.24, 2.45) is 47.0 Å². The molecule has 0 spiro atoms. The third-order valence-electron chi connectivity index (χ3n) is 22.1. The smallest absolute Gasteiger partial charge is 0.312 e. The van der Waals surface area contributed by atoms with Crippen LogP contribution in [0, 0.1) is 35.5 Å². The van der Waals surface area contributed by atoms with Crippen LogP contribution in [0.5, 0.6) is 0 Å². The van der Waals surface area contributed by atoms with E-state index in [9.17, 15) is 61.5 Å². The van der Waals surface area contributed by atoms with E-state index in [1.54, 1.807) is 85.8 Å². The van der Waals surface area contributed by atoms with Gasteiger partial charge in [0.2, 0.25) is 59.1 Å². The number of nitrogens with two attached hydrogens (primary N) is 2. The van der Waals surface area contributed by atoms with Crippen LogP contribution in [0.2, 0.25) is 0 Å². The number of benzene rings is 2. The van der Waals surface area contributed by atoms with Crippen LogP contribution in [0.4, 0.5) is 4.79 Å². The van der Waals surface area contributed by atoms with Gasteiger partial charge in [-0.1, -0.05) is 119 Å². The molecule has 0 aromatic heterocycles. The minimum atomic E-state index is -2.52. The molecule has 112 heavy (non-hydrogen) atoms. The number of likely N-dealkylation sites (N-methyl/N-ethyl adjacent to an activating group) is 2. The standard InChI is InChI=1S/C80H130N12O18S2/c1-18-20-31-79(11,111-17)57-46-64(94)92(76(57)101)36-38-109-40-42-110-41-39-108-37-30-63(93)86-66(48(3)4)74(99)84-58(26-22-34-83-78(82)103)73(98)88-80(32-33-80)55-28-29-62(112(104)105)56(45-55)54-25-21-24-53(43-54)44-59(71(81)96)85-72(97)52(10)70(107-16)60-27-23-35-91(60)65(95)47-61(106-15)69(51(9)19-2)90(14)77(102)67(49(5)6)87-75(100)68(50(7)8)89(12)13/h21,24-25,28-29,43,45,48-52,57-61,66-70H,18-20,22-23,26-27,30-42,44,46-47H2,1-17H3,(H2,81,96)(H,84,99)(H,85,97)(H,86,93)(H,87,100)(H,88,98)(H,104,105)(H3,82,83,103)/t51-,52+,57?,58-,59-,60-,61+,66-,67-,68-,69-,70+,79?/m0/s1. The third kappa shape index (κ3) is 27.0. The first-order chi connectivity index (χ1) is 53.0. The summed E-state index contributed by atoms with van der Waals surface area (Å²) in [5.41, 5.74) is 12.3. The molecule has 3 unspecified atom stereocenters. The van der Waals surface area contributed by atoms with Crippen molar-refractivity contribution in [1.82, 2.24) is 51.5 Å². The van der Waals surface area contributed by atoms with Gasteiger partial charge in [-0.05, 0) is 125 Å². The molecule has 30 nitrogen and oxygen atoms in total. The number of ether oxygens (including phenoxy) is 5. The van der Waals surface area contributed by atoms with Gasteiger partial charge >= 0.3 is 6.03 Å². The molecule has 2 saturated heterocycles. The first kappa shape index (κ1) is 95.4. The van der Waals surface area contributed by atoms with Crippen LogP contribution >= 0.6 is 11.8 Å². The average Bonchev–Trinajstić information content (AvgIpc) is 1.60. The zero-order valence-corrected chi connectivity index (χ0v) is 70.7. The van der Waals surface area contributed by atoms with Gasteiger partial charge in [-0.25, -0.2) is 9.00 Å². The number of hydrogen-bond donors (Lipinski definition) is 9. The SMILES string of the molecule is CCCCC(C)(SC)C1CC(=O)N(CCOCCOCCOCCC(=O)N[C@H](C(=O)N[C@@H](CCCNC(N)=O)C(=O)NC2(c3ccc(S(=O)O)c(-c4cccc(C[C@H](NC(=O)[C@H](C)[C@@H](OC)[C@@H]5CCCN5C(=O)C[C@@H](OC)[C@H]([C@@H](C)CC)N(C)C(=O)[C@@H](NC(=O)[C@H](C(C)C)N(C)C)C(C)C)C(N)=O)c4)c3)CC2)C(C)C)C1=O. The van der Waals surface area contributed by atoms with Gasteiger partial charge in [0, 0.05) is 63.9 Å². The Kier molecular flexibility index (Phi) is 39.0. The second-order valence-corrected chi connectivity index (χ2v) is 33.8. The van der Waals surface area contributed by atoms with Crippen LogP contribution in [-0.4, -0.2) is 254 Å². The molecule has 1 aliphatic carbocycles. The Morgan fingerprint density at radius 1 is 0.768 bits per heavy atom. The number of nitrogens with zero attached hydrogens (tertiary/aromatic N) is 4. The summed E-state index contributed by atoms with van der Waals surface area (Å²) < 4.78 is 52.5. The molecule has 3 fully saturated rings. The van der Waals surface area contributed by atoms with Gasteiger partial charge < -0.3 is 81.4 Å². The number of carbonyl (C=O) groups excluding carboxylic acids is 11. The molecular weight excluding hydrogens is 1480 g/mol. The fraction of sp³-hybridized carbons (Fsp3) is 0.713. The van der Waals surface area contributed by atoms with Gasteiger partial charge in [0.05, 0.1) is 105 Å². The number of primary amides is 2. The molecule has 14 atom stereocenters. The lowest BCUT2D eigenvalue weighted by Crippen LogP contribution is -2.59. The van der Waals surface area contributed by atoms with Gasteiger partial charge in [-0.15, -0.1) is 0 Å². The third-order valence-corrected chi connectivity index (χ3v) is 24.3. The van der Waals surface area contributed by atoms with Crippen LogP contribution in [0.15, 0.2) is 47.4 Å². The van der Waals surface area contributed by atoms with Crippen molar-refractivity contribution in [2.75, 3.05) is 101 Å². The summed E-state index contributed by atoms with van der Waals surface area (Å²) in [5.74, 6) is -6.38. The molecule has 0 bridgehead atoms. The van der Waals surface area contributed by atoms with Crippen molar-refractivity contribution in [3.8, 4) is 11.1 Å². The van der Waals surface area contributed by atoms with Crippen molar-refractivity contribution < 1.29 is 85.2 Å². The van der Waals surface area contributed by atoms with E-state index < -0.39 is 119 Å². The van der Waals surface area contributed by atoms with Crippen LogP contribution in [0.3, 0.4) is 0 Å². The molecule has 5 rings (SSSR count). The van der Waals surface area contributed by atoms with E-state index in [1.807, 2.05) is 66.8 Å². The molecule has 3 aliphatic rings. The maximum Gasteiger partial charge on any atom is 0.312 e. The zero-order valence-electron chi connectivity index (χ0n) is 69.1. The Hall–Kier alpha value is -7.17. The molecule has 32 heteroatoms. The summed E-state index contributed by atoms with van der Waals surface area (Å²) in [6.45, 7) is 22.6. The highest BCUT2D eigenvalue weighted by Gasteiger charge is 2.50. The normalized spacial score (nSPS) is 19.0. The minimum absolute atomic E-state index is 0.0139. The van der Waals surface area contributed by atoms with Crippen LogP contribution in [0.1, 0.15) is 171 Å². The highest BCUT2D eigenvalue weighted by molar-refractivity contribution is 8.00. The van der Waals surface area contributed by atoms with Crippen molar-refractivity contribution in [1.29, 1.82) is 0 Å². The summed E-state index contributed by atoms with van der Waals surface area (Å²) in [4.78, 5) is 157. The molecule has 0 radical (unpaired) electrons. The van der Waals surface area contributed by atoms with E-state index in [0.717, 1.165) is 19.3 Å². The van der Waals surface area contributed by atoms with E-state index in [0.29, 0.717) is 60.9 Å². The van der Waals surface area contributed by atoms with Crippen molar-refractivity contribution in [3.63, 3.8) is 0 Å². The first-order valence-electron chi connectivity index (χ1n) is 39.6. The molecule has 2 aromatic rings. The highest BCUT2D eigenvalue weighted by atomic mass is 32.2. The number of likely N-dealkylation sites (tertiary alicyclic amines) is 2. The molecule has 630 valence electrons. The molecule has 2 aromatic carbocycles. The molecular formula is C80H130N12O18S2. The summed E-state index contributed by atoms with van der Waals surface area (Å²) in [7, 11) is 8.30. The van der Waals surface area contributed by atoms with E-state index >= 15 is 0 Å². The maximum atomic E-state index is 14.7. The summed E-state index contributed by atoms with van der Waals surface area (Å²) >= 11 is -0.884. The highest BCUT2D eigenvalue weighted by Crippen LogP contribution is 2.48. The number of carbonyl (C=O) groups is 11. The number of unbranched alkanes of at least 4 members (excludes halogenated alkanes) is 1. The van der Waals surface area contributed by atoms with Gasteiger partial charge in [-0.2, -0.15) is 11.8 Å². The molecule has 2 aliphatic heterocycles. The Morgan fingerprint density at radius 3 is 1.97 bits per heavy atom. The van der Waals surface area contributed by atoms with Gasteiger partial charge in [0.1, 0.15) is 24.2 Å². The predicted molar refractivity (Wildman–Crippen MR) is 429 cm³/mol. The number of thioether (sulfide) groups is 1. The first-order valence-corrected chi connectivity index (χ1v) is 41.9. The molecule has 2 heterocycles. The van der Waals surface area contributed by atoms with Gasteiger partial charge in [0.25, 0.3) is 0 Å². The Morgan fingerprint density at radius 2 is 1.41 bits per heavy atom. The van der Waals surface area contributed by atoms with Crippen molar-refractivity contribution in [2.45, 2.75) is 236 Å². The average molecular weight is 1610 g/mol. The van der Waals surface area contributed by atoms with Crippen LogP contribution < -0.4 is 43.4 Å². The lowest BCUT2D eigenvalue weighted by molar-refractivity contribution is -0.148. The van der Waals surface area contributed by atoms with E-state index in [-0.39, 0.29) is 154 Å². The second-order valence-electron chi connectivity index (χ2n) is 31.5. The Bertz CT molecular complexity index is 3500. The fourth-order valence-corrected chi connectivity index (χ4v) is 16.6. The fourth-order valence-electron chi connectivity index (χ4n) is 15.2. The summed E-state index contributed by atoms with van der Waals surface area (Å²) in [6, 6.07) is 4.93. The van der Waals surface area contributed by atoms with Crippen LogP contribution in [-0.2, 0) is 94.7 Å². The number of imide groups is 1. The van der Waals surface area contributed by atoms with E-state index in [4.69, 9.17) is 35.2 Å². The minimum Gasteiger partial charge on any atom is -0.379 e. The monoisotopic (exact) mass is 1610 g/mol. The quantitative estimate of drug-likeness (QED) is 0.0227. The predicted octanol–water partition coefficient (Wildman–Crippen LogP) is 5.40. The summed E-state index contributed by atoms with van der Waals surface area (Å²) in [6.07, 6.45) is 6.08. The Balaban J connectivity index is 1.20. The van der Waals surface area contributed by atoms with Gasteiger partial charge in [-0.3, -0.25) is 57.7 Å². The van der Waals surface area contributed by atoms with E-state index in [2.05, 4.69) is 45.7 Å². The topological polar surface area (TPSA) is 408 Å². The van der Waals surface area contributed by atoms with Crippen molar-refractivity contribution >= 4 is 87.9 Å². The Labute approximate surface area is 669 Å². The number of nitrogens with one attached hydrogen (secondary N) is 6. The van der Waals surface area contributed by atoms with Crippen molar-refractivity contribution in [3.05, 3.63) is 53.6 Å². The number of hydrogen-bond acceptors (Lipinski definition) is 19. The number of methoxy groups -OCH3 is 2. The summed E-state index contributed by atoms with van der Waals surface area (Å²) in [5, 5.41) is 17.1. The lowest BCUT2D eigenvalue weighted by atomic mass is 9.87. The number of urea groups is 1. The second kappa shape index (κ2) is 45.8.